The summed E-state index contributed by atoms with van der Waals surface area (Å²) in [6.45, 7) is 7.04. The number of fused-ring (bicyclic) bond motifs is 1. The molecular weight excluding hydrogens is 108 g/mol. The summed E-state index contributed by atoms with van der Waals surface area (Å²) in [4.78, 5) is 0. The molecule has 0 saturated heterocycles. The first-order valence-corrected chi connectivity index (χ1v) is 3.93. The molecule has 3 unspecified atom stereocenters. The van der Waals surface area contributed by atoms with Gasteiger partial charge in [-0.25, -0.2) is 0 Å². The topological polar surface area (TPSA) is 0 Å². The van der Waals surface area contributed by atoms with Crippen LogP contribution in [0.3, 0.4) is 0 Å². The van der Waals surface area contributed by atoms with Gasteiger partial charge in [-0.2, -0.15) is 0 Å². The Morgan fingerprint density at radius 1 is 1.44 bits per heavy atom. The van der Waals surface area contributed by atoms with Crippen molar-refractivity contribution in [3.63, 3.8) is 0 Å². The van der Waals surface area contributed by atoms with Crippen LogP contribution in [0.25, 0.3) is 0 Å². The van der Waals surface area contributed by atoms with Crippen LogP contribution in [0.4, 0.5) is 0 Å². The summed E-state index contributed by atoms with van der Waals surface area (Å²) in [5, 5.41) is 0. The number of allylic oxidation sites excluding steroid dienone is 2. The maximum Gasteiger partial charge on any atom is 0.00191 e. The van der Waals surface area contributed by atoms with E-state index in [1.807, 2.05) is 0 Å². The van der Waals surface area contributed by atoms with E-state index in [0.29, 0.717) is 0 Å². The molecule has 2 aliphatic rings. The number of rotatable bonds is 1. The van der Waals surface area contributed by atoms with Gasteiger partial charge in [-0.1, -0.05) is 32.4 Å². The molecule has 0 amide bonds. The molecule has 3 atom stereocenters. The summed E-state index contributed by atoms with van der Waals surface area (Å²) in [5.41, 5.74) is 1.74. The summed E-state index contributed by atoms with van der Waals surface area (Å²) in [5.74, 6) is 3.78. The molecule has 0 radical (unpaired) electrons. The molecule has 0 nitrogen and oxygen atoms in total. The van der Waals surface area contributed by atoms with Crippen molar-refractivity contribution in [2.24, 2.45) is 23.7 Å². The summed E-state index contributed by atoms with van der Waals surface area (Å²) in [6.07, 6.45) is 2.44. The van der Waals surface area contributed by atoms with Crippen molar-refractivity contribution in [3.8, 4) is 0 Å². The predicted octanol–water partition coefficient (Wildman–Crippen LogP) is 2.46. The molecular formula is C9H14. The molecule has 2 aliphatic carbocycles. The molecule has 0 aliphatic heterocycles. The van der Waals surface area contributed by atoms with E-state index in [9.17, 15) is 0 Å². The Kier molecular flexibility index (Phi) is 0.870. The predicted molar refractivity (Wildman–Crippen MR) is 39.1 cm³/mol. The summed E-state index contributed by atoms with van der Waals surface area (Å²) in [7, 11) is 0. The Morgan fingerprint density at radius 3 is 2.33 bits per heavy atom. The van der Waals surface area contributed by atoms with Gasteiger partial charge in [0, 0.05) is 5.92 Å². The van der Waals surface area contributed by atoms with Gasteiger partial charge in [0.15, 0.2) is 0 Å². The van der Waals surface area contributed by atoms with E-state index in [-0.39, 0.29) is 0 Å². The molecule has 0 aromatic carbocycles. The highest BCUT2D eigenvalue weighted by molar-refractivity contribution is 5.42. The second-order valence-electron chi connectivity index (χ2n) is 3.80. The Labute approximate surface area is 57.0 Å². The van der Waals surface area contributed by atoms with E-state index in [0.717, 1.165) is 23.7 Å². The molecule has 2 rings (SSSR count). The third-order valence-corrected chi connectivity index (χ3v) is 2.94. The van der Waals surface area contributed by atoms with Crippen molar-refractivity contribution in [2.45, 2.75) is 20.8 Å². The monoisotopic (exact) mass is 122 g/mol. The maximum atomic E-state index is 2.44. The fourth-order valence-electron chi connectivity index (χ4n) is 2.35. The van der Waals surface area contributed by atoms with E-state index in [1.165, 1.54) is 0 Å². The second kappa shape index (κ2) is 1.42. The van der Waals surface area contributed by atoms with Crippen LogP contribution in [0.2, 0.25) is 0 Å². The van der Waals surface area contributed by atoms with Gasteiger partial charge in [-0.3, -0.25) is 0 Å². The average Bonchev–Trinajstić information content (AvgIpc) is 2.41. The average molecular weight is 122 g/mol. The van der Waals surface area contributed by atoms with Crippen LogP contribution in [0.1, 0.15) is 20.8 Å². The zero-order valence-electron chi connectivity index (χ0n) is 6.39. The third-order valence-electron chi connectivity index (χ3n) is 2.94. The SMILES string of the molecule is CC(C)C1C(C)C2=CC21. The van der Waals surface area contributed by atoms with E-state index < -0.39 is 0 Å². The quantitative estimate of drug-likeness (QED) is 0.469. The van der Waals surface area contributed by atoms with Crippen LogP contribution in [-0.4, -0.2) is 0 Å². The van der Waals surface area contributed by atoms with Crippen LogP contribution < -0.4 is 0 Å². The Balaban J connectivity index is 2.03. The zero-order chi connectivity index (χ0) is 6.59. The van der Waals surface area contributed by atoms with Crippen LogP contribution in [0.5, 0.6) is 0 Å². The summed E-state index contributed by atoms with van der Waals surface area (Å²) >= 11 is 0. The lowest BCUT2D eigenvalue weighted by Crippen LogP contribution is -2.30. The second-order valence-corrected chi connectivity index (χ2v) is 3.80. The normalized spacial score (nSPS) is 45.8. The zero-order valence-corrected chi connectivity index (χ0v) is 6.39. The van der Waals surface area contributed by atoms with Gasteiger partial charge >= 0.3 is 0 Å². The highest BCUT2D eigenvalue weighted by Gasteiger charge is 2.51. The molecule has 9 heavy (non-hydrogen) atoms. The molecule has 0 spiro atoms. The highest BCUT2D eigenvalue weighted by atomic mass is 14.5. The van der Waals surface area contributed by atoms with E-state index >= 15 is 0 Å². The lowest BCUT2D eigenvalue weighted by Gasteiger charge is -2.36. The minimum Gasteiger partial charge on any atom is -0.0769 e. The summed E-state index contributed by atoms with van der Waals surface area (Å²) in [6, 6.07) is 0. The van der Waals surface area contributed by atoms with Crippen molar-refractivity contribution in [1.82, 2.24) is 0 Å². The van der Waals surface area contributed by atoms with Crippen LogP contribution in [0.15, 0.2) is 11.6 Å². The highest BCUT2D eigenvalue weighted by Crippen LogP contribution is 2.59. The largest absolute Gasteiger partial charge is 0.0769 e. The van der Waals surface area contributed by atoms with Crippen molar-refractivity contribution in [3.05, 3.63) is 11.6 Å². The minimum atomic E-state index is 0.896. The molecule has 0 heterocycles. The molecule has 0 heteroatoms. The number of hydrogen-bond acceptors (Lipinski definition) is 0. The van der Waals surface area contributed by atoms with Crippen LogP contribution in [0, 0.1) is 23.7 Å². The van der Waals surface area contributed by atoms with Gasteiger partial charge in [0.05, 0.1) is 0 Å². The molecule has 50 valence electrons. The lowest BCUT2D eigenvalue weighted by atomic mass is 9.68. The van der Waals surface area contributed by atoms with Crippen molar-refractivity contribution >= 4 is 0 Å². The fourth-order valence-corrected chi connectivity index (χ4v) is 2.35. The molecule has 0 N–H and O–H groups in total. The molecule has 0 bridgehead atoms. The van der Waals surface area contributed by atoms with Gasteiger partial charge in [0.25, 0.3) is 0 Å². The van der Waals surface area contributed by atoms with E-state index in [4.69, 9.17) is 0 Å². The molecule has 0 aromatic heterocycles. The van der Waals surface area contributed by atoms with E-state index in [2.05, 4.69) is 26.8 Å². The minimum absolute atomic E-state index is 0.896. The first-order chi connectivity index (χ1) is 4.22. The first-order valence-electron chi connectivity index (χ1n) is 3.93. The van der Waals surface area contributed by atoms with Crippen molar-refractivity contribution in [1.29, 1.82) is 0 Å². The molecule has 0 aromatic rings. The van der Waals surface area contributed by atoms with Crippen LogP contribution >= 0.6 is 0 Å². The van der Waals surface area contributed by atoms with Gasteiger partial charge in [0.1, 0.15) is 0 Å². The molecule has 1 fully saturated rings. The smallest absolute Gasteiger partial charge is 0.00191 e. The lowest BCUT2D eigenvalue weighted by molar-refractivity contribution is 0.208. The molecule has 1 saturated carbocycles. The Bertz CT molecular complexity index is 163. The van der Waals surface area contributed by atoms with E-state index in [1.54, 1.807) is 5.57 Å². The number of hydrogen-bond donors (Lipinski definition) is 0. The van der Waals surface area contributed by atoms with Gasteiger partial charge in [-0.15, -0.1) is 0 Å². The van der Waals surface area contributed by atoms with Crippen molar-refractivity contribution in [2.75, 3.05) is 0 Å². The van der Waals surface area contributed by atoms with Crippen molar-refractivity contribution < 1.29 is 0 Å². The standard InChI is InChI=1S/C9H14/c1-5(2)9-6(3)7-4-8(7)9/h4-6,8-9H,1-3H3. The van der Waals surface area contributed by atoms with Gasteiger partial charge in [0.2, 0.25) is 0 Å². The first kappa shape index (κ1) is 5.52. The van der Waals surface area contributed by atoms with Gasteiger partial charge < -0.3 is 0 Å². The Morgan fingerprint density at radius 2 is 2.11 bits per heavy atom. The van der Waals surface area contributed by atoms with Crippen LogP contribution in [-0.2, 0) is 0 Å². The Hall–Kier alpha value is -0.260. The third kappa shape index (κ3) is 0.540. The summed E-state index contributed by atoms with van der Waals surface area (Å²) < 4.78 is 0. The maximum absolute atomic E-state index is 2.44. The fraction of sp³-hybridized carbons (Fsp3) is 0.778. The van der Waals surface area contributed by atoms with Gasteiger partial charge in [-0.05, 0) is 17.8 Å².